The van der Waals surface area contributed by atoms with Gasteiger partial charge in [0.1, 0.15) is 16.7 Å². The average molecular weight is 590 g/mol. The zero-order valence-electron chi connectivity index (χ0n) is 22.6. The van der Waals surface area contributed by atoms with Gasteiger partial charge in [-0.2, -0.15) is 18.4 Å². The Labute approximate surface area is 236 Å². The number of amides is 2. The third-order valence-electron chi connectivity index (χ3n) is 8.29. The predicted molar refractivity (Wildman–Crippen MR) is 142 cm³/mol. The Kier molecular flexibility index (Phi) is 7.19. The number of imide groups is 1. The van der Waals surface area contributed by atoms with Gasteiger partial charge >= 0.3 is 6.18 Å². The summed E-state index contributed by atoms with van der Waals surface area (Å²) in [6.45, 7) is 3.87. The van der Waals surface area contributed by atoms with Gasteiger partial charge in [0.25, 0.3) is 0 Å². The summed E-state index contributed by atoms with van der Waals surface area (Å²) in [6.07, 6.45) is -5.81. The van der Waals surface area contributed by atoms with Crippen molar-refractivity contribution in [3.63, 3.8) is 0 Å². The highest BCUT2D eigenvalue weighted by Crippen LogP contribution is 2.60. The molecule has 3 aliphatic rings. The zero-order chi connectivity index (χ0) is 29.8. The molecule has 218 valence electrons. The Hall–Kier alpha value is -3.43. The minimum atomic E-state index is -4.85. The first-order valence-electron chi connectivity index (χ1n) is 13.5. The number of nitrogens with zero attached hydrogens (tertiary/aromatic N) is 2. The van der Waals surface area contributed by atoms with Gasteiger partial charge in [0.2, 0.25) is 11.8 Å². The van der Waals surface area contributed by atoms with Gasteiger partial charge < -0.3 is 10.1 Å². The van der Waals surface area contributed by atoms with E-state index in [2.05, 4.69) is 5.32 Å². The molecule has 1 saturated heterocycles. The number of alkyl halides is 3. The lowest BCUT2D eigenvalue weighted by molar-refractivity contribution is -0.200. The van der Waals surface area contributed by atoms with Crippen LogP contribution in [-0.2, 0) is 19.4 Å². The largest absolute Gasteiger partial charge is 0.493 e. The monoisotopic (exact) mass is 589 g/mol. The molecule has 2 atom stereocenters. The molecule has 5 rings (SSSR count). The minimum absolute atomic E-state index is 0.0765. The maximum Gasteiger partial charge on any atom is 0.403 e. The van der Waals surface area contributed by atoms with Crippen molar-refractivity contribution in [3.05, 3.63) is 48.0 Å². The van der Waals surface area contributed by atoms with Crippen molar-refractivity contribution in [1.29, 1.82) is 5.26 Å². The van der Waals surface area contributed by atoms with Gasteiger partial charge in [0, 0.05) is 12.1 Å². The van der Waals surface area contributed by atoms with E-state index in [-0.39, 0.29) is 30.7 Å². The fourth-order valence-electron chi connectivity index (χ4n) is 5.55. The highest BCUT2D eigenvalue weighted by atomic mass is 32.2. The number of hydrogen-bond donors (Lipinski definition) is 1. The van der Waals surface area contributed by atoms with Crippen LogP contribution in [0.1, 0.15) is 44.6 Å². The fourth-order valence-corrected chi connectivity index (χ4v) is 7.44. The molecular weight excluding hydrogens is 559 g/mol. The van der Waals surface area contributed by atoms with Crippen LogP contribution < -0.4 is 10.1 Å². The molecule has 1 aliphatic heterocycles. The SMILES string of the molecule is CCOc1ccccc1-c1ccc(S(=O)(=O)[C@H]2CN[C@H](C(=O)N(C(=O)C3(C(F)(F)F)CC3)C3(C#N)CC3)C2)c(C)c1. The molecule has 1 heterocycles. The number of para-hydroxylation sites is 1. The van der Waals surface area contributed by atoms with Crippen molar-refractivity contribution < 1.29 is 35.9 Å². The summed E-state index contributed by atoms with van der Waals surface area (Å²) in [4.78, 5) is 27.2. The maximum atomic E-state index is 13.8. The third kappa shape index (κ3) is 4.89. The summed E-state index contributed by atoms with van der Waals surface area (Å²) < 4.78 is 74.3. The number of benzene rings is 2. The van der Waals surface area contributed by atoms with E-state index in [1.165, 1.54) is 6.07 Å². The number of hydrogen-bond acceptors (Lipinski definition) is 7. The predicted octanol–water partition coefficient (Wildman–Crippen LogP) is 4.32. The quantitative estimate of drug-likeness (QED) is 0.456. The summed E-state index contributed by atoms with van der Waals surface area (Å²) in [7, 11) is -3.96. The lowest BCUT2D eigenvalue weighted by Gasteiger charge is -2.32. The summed E-state index contributed by atoms with van der Waals surface area (Å²) in [5.74, 6) is -1.74. The molecule has 2 aromatic rings. The summed E-state index contributed by atoms with van der Waals surface area (Å²) in [6, 6.07) is 13.0. The zero-order valence-corrected chi connectivity index (χ0v) is 23.4. The Balaban J connectivity index is 1.38. The molecule has 0 bridgehead atoms. The van der Waals surface area contributed by atoms with Gasteiger partial charge in [0.05, 0.1) is 28.9 Å². The number of rotatable bonds is 8. The number of carbonyl (C=O) groups is 2. The number of nitriles is 1. The van der Waals surface area contributed by atoms with Crippen molar-refractivity contribution in [2.45, 2.75) is 73.9 Å². The van der Waals surface area contributed by atoms with E-state index in [1.54, 1.807) is 19.1 Å². The Morgan fingerprint density at radius 2 is 1.83 bits per heavy atom. The summed E-state index contributed by atoms with van der Waals surface area (Å²) >= 11 is 0. The van der Waals surface area contributed by atoms with Crippen molar-refractivity contribution in [2.24, 2.45) is 5.41 Å². The van der Waals surface area contributed by atoms with E-state index in [4.69, 9.17) is 4.74 Å². The van der Waals surface area contributed by atoms with Crippen LogP contribution in [-0.4, -0.2) is 61.3 Å². The molecule has 0 spiro atoms. The minimum Gasteiger partial charge on any atom is -0.493 e. The topological polar surface area (TPSA) is 117 Å². The van der Waals surface area contributed by atoms with Crippen LogP contribution in [0.4, 0.5) is 13.2 Å². The van der Waals surface area contributed by atoms with E-state index in [9.17, 15) is 36.4 Å². The number of carbonyl (C=O) groups excluding carboxylic acids is 2. The molecule has 1 N–H and O–H groups in total. The van der Waals surface area contributed by atoms with E-state index in [0.717, 1.165) is 11.1 Å². The average Bonchev–Trinajstić information content (AvgIpc) is 3.85. The second kappa shape index (κ2) is 10.1. The van der Waals surface area contributed by atoms with Crippen LogP contribution in [0.15, 0.2) is 47.4 Å². The second-order valence-electron chi connectivity index (χ2n) is 11.0. The normalized spacial score (nSPS) is 22.4. The first-order valence-corrected chi connectivity index (χ1v) is 15.0. The molecule has 41 heavy (non-hydrogen) atoms. The third-order valence-corrected chi connectivity index (χ3v) is 10.6. The van der Waals surface area contributed by atoms with Gasteiger partial charge in [-0.05, 0) is 69.2 Å². The standard InChI is InChI=1S/C29H30F3N3O5S/c1-3-40-23-7-5-4-6-21(23)19-8-9-24(18(2)14-19)41(38,39)20-15-22(34-16-20)25(36)35(27(17-33)10-11-27)26(37)28(12-13-28)29(30,31)32/h4-9,14,20,22,34H,3,10-13,15-16H2,1-2H3/t20-,22+/m1/s1. The van der Waals surface area contributed by atoms with Gasteiger partial charge in [0.15, 0.2) is 9.84 Å². The molecule has 0 aromatic heterocycles. The maximum absolute atomic E-state index is 13.8. The van der Waals surface area contributed by atoms with E-state index in [0.29, 0.717) is 22.8 Å². The van der Waals surface area contributed by atoms with Crippen LogP contribution in [0.5, 0.6) is 5.75 Å². The Bertz CT molecular complexity index is 1540. The van der Waals surface area contributed by atoms with Crippen molar-refractivity contribution in [2.75, 3.05) is 13.2 Å². The number of halogens is 3. The number of sulfone groups is 1. The van der Waals surface area contributed by atoms with Crippen LogP contribution >= 0.6 is 0 Å². The van der Waals surface area contributed by atoms with Crippen LogP contribution in [0, 0.1) is 23.7 Å². The number of nitrogens with one attached hydrogen (secondary N) is 1. The molecular formula is C29H30F3N3O5S. The smallest absolute Gasteiger partial charge is 0.403 e. The van der Waals surface area contributed by atoms with Gasteiger partial charge in [-0.15, -0.1) is 0 Å². The molecule has 3 fully saturated rings. The van der Waals surface area contributed by atoms with E-state index in [1.807, 2.05) is 37.3 Å². The Morgan fingerprint density at radius 3 is 2.39 bits per heavy atom. The van der Waals surface area contributed by atoms with E-state index < -0.39 is 62.9 Å². The molecule has 12 heteroatoms. The van der Waals surface area contributed by atoms with Crippen LogP contribution in [0.25, 0.3) is 11.1 Å². The highest BCUT2D eigenvalue weighted by molar-refractivity contribution is 7.92. The lowest BCUT2D eigenvalue weighted by Crippen LogP contribution is -2.56. The van der Waals surface area contributed by atoms with Crippen LogP contribution in [0.3, 0.4) is 0 Å². The molecule has 0 unspecified atom stereocenters. The van der Waals surface area contributed by atoms with Crippen molar-refractivity contribution >= 4 is 21.7 Å². The van der Waals surface area contributed by atoms with E-state index >= 15 is 0 Å². The summed E-state index contributed by atoms with van der Waals surface area (Å²) in [5.41, 5.74) is -2.24. The molecule has 8 nitrogen and oxygen atoms in total. The second-order valence-corrected chi connectivity index (χ2v) is 13.2. The molecule has 2 aliphatic carbocycles. The van der Waals surface area contributed by atoms with Gasteiger partial charge in [-0.3, -0.25) is 14.5 Å². The highest BCUT2D eigenvalue weighted by Gasteiger charge is 2.72. The van der Waals surface area contributed by atoms with Gasteiger partial charge in [-0.1, -0.05) is 30.3 Å². The fraction of sp³-hybridized carbons (Fsp3) is 0.483. The molecule has 2 saturated carbocycles. The lowest BCUT2D eigenvalue weighted by atomic mass is 10.0. The molecule has 2 aromatic carbocycles. The number of ether oxygens (including phenoxy) is 1. The first-order chi connectivity index (χ1) is 19.3. The molecule has 2 amide bonds. The molecule has 0 radical (unpaired) electrons. The summed E-state index contributed by atoms with van der Waals surface area (Å²) in [5, 5.41) is 11.4. The number of aryl methyl sites for hydroxylation is 1. The van der Waals surface area contributed by atoms with Crippen LogP contribution in [0.2, 0.25) is 0 Å². The van der Waals surface area contributed by atoms with Crippen molar-refractivity contribution in [3.8, 4) is 22.9 Å². The van der Waals surface area contributed by atoms with Crippen molar-refractivity contribution in [1.82, 2.24) is 10.2 Å². The first kappa shape index (κ1) is 29.1. The Morgan fingerprint density at radius 1 is 1.15 bits per heavy atom. The van der Waals surface area contributed by atoms with Gasteiger partial charge in [-0.25, -0.2) is 8.42 Å².